The number of methoxy groups -OCH3 is 1. The number of carbonyl (C=O) groups is 2. The first-order valence-corrected chi connectivity index (χ1v) is 12.7. The summed E-state index contributed by atoms with van der Waals surface area (Å²) in [6, 6.07) is 12.5. The molecule has 0 aliphatic heterocycles. The van der Waals surface area contributed by atoms with Crippen LogP contribution in [0.25, 0.3) is 0 Å². The Hall–Kier alpha value is -3.59. The van der Waals surface area contributed by atoms with Crippen LogP contribution in [-0.4, -0.2) is 39.4 Å². The Morgan fingerprint density at radius 1 is 1.11 bits per heavy atom. The van der Waals surface area contributed by atoms with E-state index in [2.05, 4.69) is 33.5 Å². The molecule has 0 fully saturated rings. The molecule has 1 atom stereocenters. The highest BCUT2D eigenvalue weighted by Crippen LogP contribution is 2.26. The second-order valence-corrected chi connectivity index (χ2v) is 9.82. The molecule has 0 aliphatic carbocycles. The molecule has 0 saturated heterocycles. The number of allylic oxidation sites excluding steroid dienone is 1. The van der Waals surface area contributed by atoms with Gasteiger partial charge >= 0.3 is 0 Å². The normalized spacial score (nSPS) is 11.7. The molecular formula is C27H33N5O3S. The predicted octanol–water partition coefficient (Wildman–Crippen LogP) is 4.95. The number of ether oxygens (including phenoxy) is 1. The van der Waals surface area contributed by atoms with Crippen LogP contribution in [0.1, 0.15) is 47.2 Å². The van der Waals surface area contributed by atoms with E-state index >= 15 is 0 Å². The van der Waals surface area contributed by atoms with E-state index in [0.29, 0.717) is 28.8 Å². The highest BCUT2D eigenvalue weighted by molar-refractivity contribution is 7.99. The summed E-state index contributed by atoms with van der Waals surface area (Å²) in [4.78, 5) is 25.6. The standard InChI is InChI=1S/C27H33N5O3S/c1-7-12-32-25(24(17(2)3)29-26(34)20-8-10-22(35-6)11-9-20)30-31-27(32)36-16-23(33)28-21-14-18(4)13-19(5)15-21/h7-11,13-15,17,24H,1,12,16H2,2-6H3,(H,28,33)(H,29,34). The number of rotatable bonds is 11. The van der Waals surface area contributed by atoms with Gasteiger partial charge in [-0.1, -0.05) is 37.8 Å². The average Bonchev–Trinajstić information content (AvgIpc) is 3.22. The van der Waals surface area contributed by atoms with Crippen molar-refractivity contribution in [3.8, 4) is 5.75 Å². The number of nitrogens with zero attached hydrogens (tertiary/aromatic N) is 3. The SMILES string of the molecule is C=CCn1c(SCC(=O)Nc2cc(C)cc(C)c2)nnc1C(NC(=O)c1ccc(OC)cc1)C(C)C. The molecule has 2 N–H and O–H groups in total. The van der Waals surface area contributed by atoms with Crippen LogP contribution in [0.3, 0.4) is 0 Å². The van der Waals surface area contributed by atoms with E-state index in [1.54, 1.807) is 37.5 Å². The molecule has 1 unspecified atom stereocenters. The van der Waals surface area contributed by atoms with Crippen LogP contribution in [0.5, 0.6) is 5.75 Å². The number of benzene rings is 2. The van der Waals surface area contributed by atoms with Gasteiger partial charge in [0.1, 0.15) is 5.75 Å². The third-order valence-electron chi connectivity index (χ3n) is 5.48. The molecule has 1 aromatic heterocycles. The predicted molar refractivity (Wildman–Crippen MR) is 144 cm³/mol. The van der Waals surface area contributed by atoms with Crippen LogP contribution >= 0.6 is 11.8 Å². The van der Waals surface area contributed by atoms with Gasteiger partial charge in [-0.25, -0.2) is 0 Å². The van der Waals surface area contributed by atoms with E-state index < -0.39 is 0 Å². The van der Waals surface area contributed by atoms with Crippen molar-refractivity contribution in [3.63, 3.8) is 0 Å². The molecule has 0 spiro atoms. The zero-order chi connectivity index (χ0) is 26.2. The molecular weight excluding hydrogens is 474 g/mol. The lowest BCUT2D eigenvalue weighted by atomic mass is 10.0. The van der Waals surface area contributed by atoms with Crippen molar-refractivity contribution in [2.75, 3.05) is 18.2 Å². The Labute approximate surface area is 216 Å². The van der Waals surface area contributed by atoms with Crippen LogP contribution in [0.15, 0.2) is 60.3 Å². The molecule has 0 radical (unpaired) electrons. The quantitative estimate of drug-likeness (QED) is 0.282. The largest absolute Gasteiger partial charge is 0.497 e. The molecule has 1 heterocycles. The van der Waals surface area contributed by atoms with Crippen molar-refractivity contribution in [2.45, 2.75) is 45.4 Å². The Morgan fingerprint density at radius 3 is 2.36 bits per heavy atom. The third-order valence-corrected chi connectivity index (χ3v) is 6.45. The van der Waals surface area contributed by atoms with Crippen molar-refractivity contribution >= 4 is 29.3 Å². The fraction of sp³-hybridized carbons (Fsp3) is 0.333. The fourth-order valence-corrected chi connectivity index (χ4v) is 4.56. The summed E-state index contributed by atoms with van der Waals surface area (Å²) in [5, 5.41) is 15.3. The van der Waals surface area contributed by atoms with E-state index in [-0.39, 0.29) is 29.5 Å². The van der Waals surface area contributed by atoms with Crippen molar-refractivity contribution in [1.82, 2.24) is 20.1 Å². The van der Waals surface area contributed by atoms with Gasteiger partial charge in [0.15, 0.2) is 11.0 Å². The number of thioether (sulfide) groups is 1. The van der Waals surface area contributed by atoms with Crippen LogP contribution in [0.4, 0.5) is 5.69 Å². The van der Waals surface area contributed by atoms with Gasteiger partial charge in [0.2, 0.25) is 5.91 Å². The molecule has 3 rings (SSSR count). The molecule has 2 aromatic carbocycles. The summed E-state index contributed by atoms with van der Waals surface area (Å²) >= 11 is 1.29. The second-order valence-electron chi connectivity index (χ2n) is 8.88. The second kappa shape index (κ2) is 12.4. The van der Waals surface area contributed by atoms with Gasteiger partial charge in [-0.2, -0.15) is 0 Å². The van der Waals surface area contributed by atoms with Gasteiger partial charge < -0.3 is 19.9 Å². The summed E-state index contributed by atoms with van der Waals surface area (Å²) in [7, 11) is 1.58. The zero-order valence-electron chi connectivity index (χ0n) is 21.4. The lowest BCUT2D eigenvalue weighted by Gasteiger charge is -2.22. The maximum atomic E-state index is 13.0. The number of nitrogens with one attached hydrogen (secondary N) is 2. The Bertz CT molecular complexity index is 1200. The number of aryl methyl sites for hydroxylation is 2. The highest BCUT2D eigenvalue weighted by atomic mass is 32.2. The van der Waals surface area contributed by atoms with Gasteiger partial charge in [0.05, 0.1) is 18.9 Å². The first kappa shape index (κ1) is 27.0. The van der Waals surface area contributed by atoms with Gasteiger partial charge in [-0.05, 0) is 67.3 Å². The van der Waals surface area contributed by atoms with Crippen molar-refractivity contribution in [2.24, 2.45) is 5.92 Å². The Kier molecular flexibility index (Phi) is 9.30. The van der Waals surface area contributed by atoms with E-state index in [0.717, 1.165) is 16.8 Å². The molecule has 9 heteroatoms. The topological polar surface area (TPSA) is 98.1 Å². The highest BCUT2D eigenvalue weighted by Gasteiger charge is 2.26. The minimum absolute atomic E-state index is 0.0469. The number of amides is 2. The first-order valence-electron chi connectivity index (χ1n) is 11.7. The maximum Gasteiger partial charge on any atom is 0.251 e. The number of aromatic nitrogens is 3. The average molecular weight is 508 g/mol. The number of carbonyl (C=O) groups excluding carboxylic acids is 2. The number of hydrogen-bond acceptors (Lipinski definition) is 6. The summed E-state index contributed by atoms with van der Waals surface area (Å²) in [5.41, 5.74) is 3.47. The maximum absolute atomic E-state index is 13.0. The summed E-state index contributed by atoms with van der Waals surface area (Å²) < 4.78 is 7.06. The lowest BCUT2D eigenvalue weighted by molar-refractivity contribution is -0.113. The van der Waals surface area contributed by atoms with E-state index in [1.807, 2.05) is 44.4 Å². The van der Waals surface area contributed by atoms with Crippen LogP contribution in [0.2, 0.25) is 0 Å². The fourth-order valence-electron chi connectivity index (χ4n) is 3.81. The summed E-state index contributed by atoms with van der Waals surface area (Å²) in [5.74, 6) is 1.17. The van der Waals surface area contributed by atoms with E-state index in [4.69, 9.17) is 4.74 Å². The molecule has 36 heavy (non-hydrogen) atoms. The smallest absolute Gasteiger partial charge is 0.251 e. The minimum Gasteiger partial charge on any atom is -0.497 e. The Morgan fingerprint density at radius 2 is 1.78 bits per heavy atom. The van der Waals surface area contributed by atoms with Crippen molar-refractivity contribution in [1.29, 1.82) is 0 Å². The lowest BCUT2D eigenvalue weighted by Crippen LogP contribution is -2.33. The monoisotopic (exact) mass is 507 g/mol. The zero-order valence-corrected chi connectivity index (χ0v) is 22.2. The third kappa shape index (κ3) is 6.97. The summed E-state index contributed by atoms with van der Waals surface area (Å²) in [6.45, 7) is 12.3. The Balaban J connectivity index is 1.74. The van der Waals surface area contributed by atoms with E-state index in [9.17, 15) is 9.59 Å². The van der Waals surface area contributed by atoms with Crippen LogP contribution < -0.4 is 15.4 Å². The van der Waals surface area contributed by atoms with Crippen LogP contribution in [-0.2, 0) is 11.3 Å². The molecule has 190 valence electrons. The molecule has 0 aliphatic rings. The molecule has 0 bridgehead atoms. The van der Waals surface area contributed by atoms with E-state index in [1.165, 1.54) is 11.8 Å². The van der Waals surface area contributed by atoms with Crippen molar-refractivity contribution < 1.29 is 14.3 Å². The number of anilines is 1. The van der Waals surface area contributed by atoms with Gasteiger partial charge in [0, 0.05) is 17.8 Å². The molecule has 2 amide bonds. The summed E-state index contributed by atoms with van der Waals surface area (Å²) in [6.07, 6.45) is 1.75. The first-order chi connectivity index (χ1) is 17.2. The van der Waals surface area contributed by atoms with Gasteiger partial charge in [0.25, 0.3) is 5.91 Å². The van der Waals surface area contributed by atoms with Gasteiger partial charge in [-0.15, -0.1) is 16.8 Å². The van der Waals surface area contributed by atoms with Gasteiger partial charge in [-0.3, -0.25) is 9.59 Å². The molecule has 3 aromatic rings. The molecule has 8 nitrogen and oxygen atoms in total. The number of hydrogen-bond donors (Lipinski definition) is 2. The van der Waals surface area contributed by atoms with Crippen LogP contribution in [0, 0.1) is 19.8 Å². The van der Waals surface area contributed by atoms with Crippen molar-refractivity contribution in [3.05, 3.63) is 77.6 Å². The molecule has 0 saturated carbocycles. The minimum atomic E-state index is -0.384.